The Morgan fingerprint density at radius 2 is 1.78 bits per heavy atom. The summed E-state index contributed by atoms with van der Waals surface area (Å²) in [7, 11) is 0. The molecule has 0 aliphatic carbocycles. The summed E-state index contributed by atoms with van der Waals surface area (Å²) in [5.41, 5.74) is 13.1. The zero-order chi connectivity index (χ0) is 26.9. The Morgan fingerprint density at radius 1 is 1.05 bits per heavy atom. The minimum Gasteiger partial charge on any atom is -0.490 e. The fourth-order valence-corrected chi connectivity index (χ4v) is 3.52. The van der Waals surface area contributed by atoms with Crippen LogP contribution >= 0.6 is 0 Å². The fourth-order valence-electron chi connectivity index (χ4n) is 3.52. The first kappa shape index (κ1) is 27.0. The van der Waals surface area contributed by atoms with E-state index in [1.54, 1.807) is 67.7 Å². The van der Waals surface area contributed by atoms with Gasteiger partial charge in [-0.25, -0.2) is 0 Å². The van der Waals surface area contributed by atoms with Gasteiger partial charge in [-0.1, -0.05) is 6.07 Å². The number of nitrogens with two attached hydrogens (primary N) is 1. The molecular formula is C27H32N6O4. The minimum atomic E-state index is -0.911. The zero-order valence-corrected chi connectivity index (χ0v) is 21.3. The summed E-state index contributed by atoms with van der Waals surface area (Å²) in [5.74, 6) is 0.00207. The molecule has 0 saturated carbocycles. The number of nitrogen functional groups attached to an aromatic ring is 1. The lowest BCUT2D eigenvalue weighted by molar-refractivity contribution is -0.122. The first-order valence-corrected chi connectivity index (χ1v) is 11.9. The van der Waals surface area contributed by atoms with Gasteiger partial charge in [-0.05, 0) is 81.8 Å². The molecule has 0 bridgehead atoms. The van der Waals surface area contributed by atoms with E-state index in [1.807, 2.05) is 20.8 Å². The highest BCUT2D eigenvalue weighted by atomic mass is 16.5. The van der Waals surface area contributed by atoms with Crippen molar-refractivity contribution in [2.24, 2.45) is 5.73 Å². The van der Waals surface area contributed by atoms with Crippen molar-refractivity contribution in [1.29, 1.82) is 5.41 Å². The number of aromatic nitrogens is 1. The van der Waals surface area contributed by atoms with Gasteiger partial charge >= 0.3 is 0 Å². The van der Waals surface area contributed by atoms with Gasteiger partial charge in [-0.15, -0.1) is 0 Å². The number of aryl methyl sites for hydroxylation is 1. The van der Waals surface area contributed by atoms with Crippen molar-refractivity contribution in [3.05, 3.63) is 83.2 Å². The van der Waals surface area contributed by atoms with E-state index in [0.29, 0.717) is 46.2 Å². The van der Waals surface area contributed by atoms with Gasteiger partial charge in [-0.2, -0.15) is 0 Å². The van der Waals surface area contributed by atoms with Gasteiger partial charge in [0.15, 0.2) is 11.5 Å². The summed E-state index contributed by atoms with van der Waals surface area (Å²) < 4.78 is 11.6. The Labute approximate surface area is 216 Å². The van der Waals surface area contributed by atoms with Crippen LogP contribution < -0.4 is 31.4 Å². The molecular weight excluding hydrogens is 472 g/mol. The van der Waals surface area contributed by atoms with Gasteiger partial charge in [-0.3, -0.25) is 30.8 Å². The second kappa shape index (κ2) is 12.4. The molecule has 1 aromatic heterocycles. The highest BCUT2D eigenvalue weighted by molar-refractivity contribution is 5.97. The summed E-state index contributed by atoms with van der Waals surface area (Å²) >= 11 is 0. The predicted octanol–water partition coefficient (Wildman–Crippen LogP) is 3.47. The Bertz CT molecular complexity index is 1260. The number of rotatable bonds is 10. The second-order valence-electron chi connectivity index (χ2n) is 8.45. The molecule has 0 fully saturated rings. The first-order valence-electron chi connectivity index (χ1n) is 11.9. The number of benzene rings is 2. The molecule has 1 atom stereocenters. The van der Waals surface area contributed by atoms with Gasteiger partial charge in [0.1, 0.15) is 11.9 Å². The molecule has 2 aromatic carbocycles. The van der Waals surface area contributed by atoms with Crippen molar-refractivity contribution in [1.82, 2.24) is 15.8 Å². The number of hydrogen-bond donors (Lipinski definition) is 5. The predicted molar refractivity (Wildman–Crippen MR) is 142 cm³/mol. The molecule has 6 N–H and O–H groups in total. The summed E-state index contributed by atoms with van der Waals surface area (Å²) in [5, 5.41) is 10.8. The number of hydrogen-bond acceptors (Lipinski definition) is 7. The normalized spacial score (nSPS) is 11.4. The number of carbonyl (C=O) groups is 2. The van der Waals surface area contributed by atoms with Crippen molar-refractivity contribution in [2.75, 3.05) is 11.9 Å². The van der Waals surface area contributed by atoms with Crippen molar-refractivity contribution >= 4 is 23.3 Å². The Balaban J connectivity index is 1.89. The van der Waals surface area contributed by atoms with Crippen molar-refractivity contribution in [2.45, 2.75) is 39.8 Å². The van der Waals surface area contributed by atoms with Crippen LogP contribution in [0.25, 0.3) is 0 Å². The third kappa shape index (κ3) is 7.20. The highest BCUT2D eigenvalue weighted by Gasteiger charge is 2.24. The van der Waals surface area contributed by atoms with E-state index < -0.39 is 17.9 Å². The third-order valence-corrected chi connectivity index (χ3v) is 5.28. The molecule has 0 saturated heterocycles. The quantitative estimate of drug-likeness (QED) is 0.161. The molecule has 1 unspecified atom stereocenters. The monoisotopic (exact) mass is 504 g/mol. The van der Waals surface area contributed by atoms with Crippen molar-refractivity contribution < 1.29 is 19.1 Å². The summed E-state index contributed by atoms with van der Waals surface area (Å²) in [6.07, 6.45) is 1.53. The Morgan fingerprint density at radius 3 is 2.41 bits per heavy atom. The van der Waals surface area contributed by atoms with Crippen LogP contribution in [0.5, 0.6) is 11.5 Å². The molecule has 10 heteroatoms. The average molecular weight is 505 g/mol. The van der Waals surface area contributed by atoms with E-state index in [2.05, 4.69) is 21.2 Å². The lowest BCUT2D eigenvalue weighted by atomic mass is 10.0. The van der Waals surface area contributed by atoms with Gasteiger partial charge in [0, 0.05) is 17.4 Å². The van der Waals surface area contributed by atoms with E-state index in [1.165, 1.54) is 0 Å². The number of amides is 2. The van der Waals surface area contributed by atoms with E-state index >= 15 is 0 Å². The van der Waals surface area contributed by atoms with Crippen LogP contribution in [0, 0.1) is 12.3 Å². The van der Waals surface area contributed by atoms with Crippen LogP contribution in [0.2, 0.25) is 0 Å². The number of nitrogens with zero attached hydrogens (tertiary/aromatic N) is 1. The fraction of sp³-hybridized carbons (Fsp3) is 0.259. The SMILES string of the molecule is CCOc1cc(C(Nc2ccc(C(=N)N)cc2)C(=O)NNC(=O)c2cccnc2C)ccc1OC(C)C. The third-order valence-electron chi connectivity index (χ3n) is 5.28. The number of anilines is 1. The average Bonchev–Trinajstić information content (AvgIpc) is 2.87. The van der Waals surface area contributed by atoms with Crippen LogP contribution in [0.1, 0.15) is 54.0 Å². The van der Waals surface area contributed by atoms with Gasteiger partial charge in [0.2, 0.25) is 0 Å². The molecule has 37 heavy (non-hydrogen) atoms. The first-order chi connectivity index (χ1) is 17.7. The van der Waals surface area contributed by atoms with Crippen LogP contribution in [-0.2, 0) is 4.79 Å². The largest absolute Gasteiger partial charge is 0.490 e. The Hall–Kier alpha value is -4.60. The number of hydrazine groups is 1. The number of pyridine rings is 1. The maximum Gasteiger partial charge on any atom is 0.271 e. The topological polar surface area (TPSA) is 151 Å². The lowest BCUT2D eigenvalue weighted by Crippen LogP contribution is -2.45. The molecule has 2 amide bonds. The molecule has 0 spiro atoms. The maximum absolute atomic E-state index is 13.3. The van der Waals surface area contributed by atoms with Gasteiger partial charge < -0.3 is 20.5 Å². The maximum atomic E-state index is 13.3. The standard InChI is InChI=1S/C27H32N6O4/c1-5-36-23-15-19(10-13-22(23)37-16(2)3)24(31-20-11-8-18(9-12-20)25(28)29)27(35)33-32-26(34)21-7-6-14-30-17(21)4/h6-16,24,31H,5H2,1-4H3,(H3,28,29)(H,32,34)(H,33,35). The van der Waals surface area contributed by atoms with E-state index in [-0.39, 0.29) is 11.9 Å². The number of nitrogens with one attached hydrogen (secondary N) is 4. The summed E-state index contributed by atoms with van der Waals surface area (Å²) in [4.78, 5) is 30.1. The van der Waals surface area contributed by atoms with Crippen molar-refractivity contribution in [3.8, 4) is 11.5 Å². The second-order valence-corrected chi connectivity index (χ2v) is 8.45. The molecule has 3 rings (SSSR count). The van der Waals surface area contributed by atoms with E-state index in [9.17, 15) is 9.59 Å². The molecule has 194 valence electrons. The van der Waals surface area contributed by atoms with Gasteiger partial charge in [0.25, 0.3) is 11.8 Å². The van der Waals surface area contributed by atoms with Crippen LogP contribution in [0.15, 0.2) is 60.8 Å². The molecule has 0 aliphatic heterocycles. The van der Waals surface area contributed by atoms with Crippen LogP contribution in [0.3, 0.4) is 0 Å². The zero-order valence-electron chi connectivity index (χ0n) is 21.3. The van der Waals surface area contributed by atoms with Crippen molar-refractivity contribution in [3.63, 3.8) is 0 Å². The number of ether oxygens (including phenoxy) is 2. The van der Waals surface area contributed by atoms with E-state index in [4.69, 9.17) is 20.6 Å². The van der Waals surface area contributed by atoms with Gasteiger partial charge in [0.05, 0.1) is 24.0 Å². The van der Waals surface area contributed by atoms with Crippen LogP contribution in [-0.4, -0.2) is 35.3 Å². The Kier molecular flexibility index (Phi) is 9.04. The molecule has 3 aromatic rings. The minimum absolute atomic E-state index is 0.0589. The molecule has 0 radical (unpaired) electrons. The number of amidine groups is 1. The summed E-state index contributed by atoms with van der Waals surface area (Å²) in [6, 6.07) is 14.4. The molecule has 0 aliphatic rings. The molecule has 10 nitrogen and oxygen atoms in total. The summed E-state index contributed by atoms with van der Waals surface area (Å²) in [6.45, 7) is 7.81. The lowest BCUT2D eigenvalue weighted by Gasteiger charge is -2.22. The van der Waals surface area contributed by atoms with E-state index in [0.717, 1.165) is 0 Å². The smallest absolute Gasteiger partial charge is 0.271 e. The molecule has 1 heterocycles. The van der Waals surface area contributed by atoms with Crippen LogP contribution in [0.4, 0.5) is 5.69 Å². The number of carbonyl (C=O) groups excluding carboxylic acids is 2. The highest BCUT2D eigenvalue weighted by Crippen LogP contribution is 2.32.